The predicted molar refractivity (Wildman–Crippen MR) is 52.1 cm³/mol. The molecule has 1 aliphatic rings. The fraction of sp³-hybridized carbons (Fsp3) is 0.222. The molecule has 5 heteroatoms. The van der Waals surface area contributed by atoms with Crippen molar-refractivity contribution in [1.29, 1.82) is 0 Å². The minimum Gasteiger partial charge on any atom is -0.287 e. The van der Waals surface area contributed by atoms with Crippen molar-refractivity contribution in [3.63, 3.8) is 0 Å². The Morgan fingerprint density at radius 2 is 2.07 bits per heavy atom. The maximum atomic E-state index is 13.1. The van der Waals surface area contributed by atoms with E-state index in [1.54, 1.807) is 6.07 Å². The van der Waals surface area contributed by atoms with Gasteiger partial charge >= 0.3 is 5.92 Å². The van der Waals surface area contributed by atoms with E-state index in [1.165, 1.54) is 6.07 Å². The van der Waals surface area contributed by atoms with Crippen LogP contribution in [0.25, 0.3) is 0 Å². The molecule has 2 rings (SSSR count). The molecule has 74 valence electrons. The van der Waals surface area contributed by atoms with Gasteiger partial charge in [-0.05, 0) is 17.7 Å². The van der Waals surface area contributed by atoms with Crippen molar-refractivity contribution in [3.05, 3.63) is 32.8 Å². The molecule has 0 bridgehead atoms. The lowest BCUT2D eigenvalue weighted by Gasteiger charge is -2.03. The van der Waals surface area contributed by atoms with Crippen LogP contribution in [0.4, 0.5) is 8.78 Å². The van der Waals surface area contributed by atoms with Crippen LogP contribution in [0.5, 0.6) is 0 Å². The van der Waals surface area contributed by atoms with E-state index in [0.29, 0.717) is 10.0 Å². The molecule has 1 aromatic rings. The van der Waals surface area contributed by atoms with Crippen molar-refractivity contribution >= 4 is 33.3 Å². The van der Waals surface area contributed by atoms with Gasteiger partial charge in [-0.1, -0.05) is 27.5 Å². The third-order valence-electron chi connectivity index (χ3n) is 2.16. The van der Waals surface area contributed by atoms with Crippen molar-refractivity contribution in [3.8, 4) is 0 Å². The Balaban J connectivity index is 2.70. The van der Waals surface area contributed by atoms with Gasteiger partial charge in [0.1, 0.15) is 0 Å². The minimum absolute atomic E-state index is 0.0500. The molecule has 0 heterocycles. The zero-order valence-electron chi connectivity index (χ0n) is 6.78. The molecule has 1 aromatic carbocycles. The first-order chi connectivity index (χ1) is 6.43. The number of carbonyl (C=O) groups is 1. The molecule has 0 amide bonds. The predicted octanol–water partition coefficient (Wildman–Crippen LogP) is 3.48. The normalized spacial score (nSPS) is 18.4. The quantitative estimate of drug-likeness (QED) is 0.711. The first kappa shape index (κ1) is 10.1. The van der Waals surface area contributed by atoms with Gasteiger partial charge in [-0.2, -0.15) is 8.78 Å². The van der Waals surface area contributed by atoms with Crippen LogP contribution in [0, 0.1) is 0 Å². The van der Waals surface area contributed by atoms with E-state index >= 15 is 0 Å². The summed E-state index contributed by atoms with van der Waals surface area (Å²) < 4.78 is 26.6. The Kier molecular flexibility index (Phi) is 2.16. The summed E-state index contributed by atoms with van der Waals surface area (Å²) in [4.78, 5) is 11.2. The Hall–Kier alpha value is -0.480. The van der Waals surface area contributed by atoms with Crippen LogP contribution >= 0.6 is 27.5 Å². The van der Waals surface area contributed by atoms with Gasteiger partial charge in [0.25, 0.3) is 0 Å². The van der Waals surface area contributed by atoms with Gasteiger partial charge in [0.05, 0.1) is 5.02 Å². The van der Waals surface area contributed by atoms with Gasteiger partial charge in [-0.15, -0.1) is 0 Å². The largest absolute Gasteiger partial charge is 0.313 e. The second-order valence-electron chi connectivity index (χ2n) is 3.09. The molecule has 0 aliphatic heterocycles. The fourth-order valence-electron chi connectivity index (χ4n) is 1.50. The standard InChI is InChI=1S/C9H4BrClF2O/c10-5-1-2-6(11)7-4(5)3-9(12,13)8(7)14/h1-2H,3H2. The summed E-state index contributed by atoms with van der Waals surface area (Å²) in [5.41, 5.74) is 0.249. The SMILES string of the molecule is O=C1c2c(Cl)ccc(Br)c2CC1(F)F. The van der Waals surface area contributed by atoms with Gasteiger partial charge in [0.2, 0.25) is 5.78 Å². The number of hydrogen-bond donors (Lipinski definition) is 0. The number of halogens is 4. The van der Waals surface area contributed by atoms with Gasteiger partial charge in [0, 0.05) is 16.5 Å². The van der Waals surface area contributed by atoms with E-state index in [-0.39, 0.29) is 10.6 Å². The smallest absolute Gasteiger partial charge is 0.287 e. The Morgan fingerprint density at radius 3 is 2.64 bits per heavy atom. The highest BCUT2D eigenvalue weighted by Gasteiger charge is 2.48. The summed E-state index contributed by atoms with van der Waals surface area (Å²) >= 11 is 8.81. The van der Waals surface area contributed by atoms with E-state index in [0.717, 1.165) is 0 Å². The molecule has 0 saturated heterocycles. The average Bonchev–Trinajstić information content (AvgIpc) is 2.33. The molecule has 1 nitrogen and oxygen atoms in total. The zero-order chi connectivity index (χ0) is 10.5. The van der Waals surface area contributed by atoms with Crippen molar-refractivity contribution in [2.75, 3.05) is 0 Å². The number of benzene rings is 1. The molecule has 0 saturated carbocycles. The second kappa shape index (κ2) is 3.00. The molecule has 0 spiro atoms. The summed E-state index contributed by atoms with van der Waals surface area (Å²) in [5, 5.41) is 0.0883. The molecule has 0 aromatic heterocycles. The summed E-state index contributed by atoms with van der Waals surface area (Å²) in [5.74, 6) is -4.49. The number of rotatable bonds is 0. The van der Waals surface area contributed by atoms with E-state index in [1.807, 2.05) is 0 Å². The van der Waals surface area contributed by atoms with E-state index in [9.17, 15) is 13.6 Å². The van der Waals surface area contributed by atoms with Crippen LogP contribution in [0.2, 0.25) is 5.02 Å². The second-order valence-corrected chi connectivity index (χ2v) is 4.35. The number of carbonyl (C=O) groups excluding carboxylic acids is 1. The number of Topliss-reactive ketones (excluding diaryl/α,β-unsaturated/α-hetero) is 1. The molecule has 0 N–H and O–H groups in total. The first-order valence-corrected chi connectivity index (χ1v) is 5.00. The lowest BCUT2D eigenvalue weighted by atomic mass is 10.1. The Bertz CT molecular complexity index is 431. The van der Waals surface area contributed by atoms with Gasteiger partial charge in [0.15, 0.2) is 0 Å². The number of hydrogen-bond acceptors (Lipinski definition) is 1. The van der Waals surface area contributed by atoms with Gasteiger partial charge < -0.3 is 0 Å². The van der Waals surface area contributed by atoms with Gasteiger partial charge in [-0.3, -0.25) is 4.79 Å². The monoisotopic (exact) mass is 280 g/mol. The lowest BCUT2D eigenvalue weighted by Crippen LogP contribution is -2.23. The molecule has 0 atom stereocenters. The summed E-state index contributed by atoms with van der Waals surface area (Å²) in [6.07, 6.45) is -0.567. The molecule has 1 aliphatic carbocycles. The Labute approximate surface area is 92.2 Å². The van der Waals surface area contributed by atoms with Gasteiger partial charge in [-0.25, -0.2) is 0 Å². The van der Waals surface area contributed by atoms with Crippen molar-refractivity contribution in [2.24, 2.45) is 0 Å². The molecule has 0 fully saturated rings. The zero-order valence-corrected chi connectivity index (χ0v) is 9.12. The summed E-state index contributed by atoms with van der Waals surface area (Å²) in [7, 11) is 0. The maximum Gasteiger partial charge on any atom is 0.313 e. The minimum atomic E-state index is -3.31. The molecule has 14 heavy (non-hydrogen) atoms. The molecular formula is C9H4BrClF2O. The summed E-state index contributed by atoms with van der Waals surface area (Å²) in [6.45, 7) is 0. The van der Waals surface area contributed by atoms with Crippen LogP contribution < -0.4 is 0 Å². The number of alkyl halides is 2. The third kappa shape index (κ3) is 1.28. The highest BCUT2D eigenvalue weighted by Crippen LogP contribution is 2.41. The molecule has 0 unspecified atom stereocenters. The van der Waals surface area contributed by atoms with Crippen LogP contribution in [0.15, 0.2) is 16.6 Å². The van der Waals surface area contributed by atoms with Crippen LogP contribution in [0.1, 0.15) is 15.9 Å². The Morgan fingerprint density at radius 1 is 1.43 bits per heavy atom. The summed E-state index contributed by atoms with van der Waals surface area (Å²) in [6, 6.07) is 3.00. The average molecular weight is 281 g/mol. The highest BCUT2D eigenvalue weighted by atomic mass is 79.9. The van der Waals surface area contributed by atoms with Crippen molar-refractivity contribution < 1.29 is 13.6 Å². The van der Waals surface area contributed by atoms with E-state index in [4.69, 9.17) is 11.6 Å². The van der Waals surface area contributed by atoms with Crippen LogP contribution in [-0.2, 0) is 6.42 Å². The molecular weight excluding hydrogens is 277 g/mol. The van der Waals surface area contributed by atoms with Crippen molar-refractivity contribution in [2.45, 2.75) is 12.3 Å². The topological polar surface area (TPSA) is 17.1 Å². The fourth-order valence-corrected chi connectivity index (χ4v) is 2.23. The van der Waals surface area contributed by atoms with E-state index < -0.39 is 18.1 Å². The number of fused-ring (bicyclic) bond motifs is 1. The molecule has 0 radical (unpaired) electrons. The van der Waals surface area contributed by atoms with E-state index in [2.05, 4.69) is 15.9 Å². The third-order valence-corrected chi connectivity index (χ3v) is 3.22. The van der Waals surface area contributed by atoms with Crippen molar-refractivity contribution in [1.82, 2.24) is 0 Å². The lowest BCUT2D eigenvalue weighted by molar-refractivity contribution is 0.0167. The number of ketones is 1. The van der Waals surface area contributed by atoms with Crippen LogP contribution in [0.3, 0.4) is 0 Å². The first-order valence-electron chi connectivity index (χ1n) is 3.83. The van der Waals surface area contributed by atoms with Crippen LogP contribution in [-0.4, -0.2) is 11.7 Å². The highest BCUT2D eigenvalue weighted by molar-refractivity contribution is 9.10. The maximum absolute atomic E-state index is 13.1.